The molecule has 4 rings (SSSR count). The molecular weight excluding hydrogens is 320 g/mol. The Bertz CT molecular complexity index is 763. The first-order chi connectivity index (χ1) is 12.0. The summed E-state index contributed by atoms with van der Waals surface area (Å²) in [6.45, 7) is 5.14. The molecule has 2 aromatic rings. The van der Waals surface area contributed by atoms with E-state index in [0.29, 0.717) is 30.5 Å². The van der Waals surface area contributed by atoms with Crippen LogP contribution in [0.2, 0.25) is 0 Å². The van der Waals surface area contributed by atoms with Crippen LogP contribution in [0.3, 0.4) is 0 Å². The highest BCUT2D eigenvalue weighted by atomic mass is 16.5. The second-order valence-electron chi connectivity index (χ2n) is 7.02. The molecule has 2 saturated heterocycles. The van der Waals surface area contributed by atoms with Gasteiger partial charge in [0.1, 0.15) is 11.8 Å². The molecule has 0 aliphatic carbocycles. The molecule has 0 radical (unpaired) electrons. The van der Waals surface area contributed by atoms with Crippen LogP contribution in [-0.2, 0) is 4.74 Å². The van der Waals surface area contributed by atoms with Gasteiger partial charge in [-0.3, -0.25) is 9.78 Å². The first-order valence-corrected chi connectivity index (χ1v) is 8.75. The largest absolute Gasteiger partial charge is 0.362 e. The van der Waals surface area contributed by atoms with Gasteiger partial charge in [-0.1, -0.05) is 11.2 Å². The van der Waals surface area contributed by atoms with Crippen molar-refractivity contribution in [3.05, 3.63) is 41.3 Å². The first kappa shape index (κ1) is 16.2. The molecule has 2 fully saturated rings. The zero-order valence-electron chi connectivity index (χ0n) is 14.6. The summed E-state index contributed by atoms with van der Waals surface area (Å²) in [5.41, 5.74) is 1.38. The minimum absolute atomic E-state index is 0.00285. The van der Waals surface area contributed by atoms with Crippen molar-refractivity contribution in [2.75, 3.05) is 13.1 Å². The molecule has 0 N–H and O–H groups in total. The fraction of sp³-hybridized carbons (Fsp3) is 0.556. The van der Waals surface area contributed by atoms with E-state index >= 15 is 0 Å². The van der Waals surface area contributed by atoms with Gasteiger partial charge in [0.2, 0.25) is 0 Å². The van der Waals surface area contributed by atoms with Crippen LogP contribution in [0.5, 0.6) is 0 Å². The molecule has 132 valence electrons. The van der Waals surface area contributed by atoms with Gasteiger partial charge in [-0.05, 0) is 51.2 Å². The molecule has 1 atom stereocenters. The molecule has 2 aliphatic rings. The molecule has 7 heteroatoms. The molecule has 0 aromatic carbocycles. The summed E-state index contributed by atoms with van der Waals surface area (Å²) < 4.78 is 11.5. The van der Waals surface area contributed by atoms with E-state index in [1.807, 2.05) is 17.9 Å². The predicted octanol–water partition coefficient (Wildman–Crippen LogP) is 2.61. The Balaban J connectivity index is 1.38. The van der Waals surface area contributed by atoms with Gasteiger partial charge in [0.25, 0.3) is 11.8 Å². The highest BCUT2D eigenvalue weighted by Crippen LogP contribution is 2.44. The molecule has 7 nitrogen and oxygen atoms in total. The third kappa shape index (κ3) is 3.16. The average Bonchev–Trinajstić information content (AvgIpc) is 3.23. The number of aryl methyl sites for hydroxylation is 2. The van der Waals surface area contributed by atoms with Gasteiger partial charge in [-0.2, -0.15) is 4.98 Å². The van der Waals surface area contributed by atoms with Crippen LogP contribution in [-0.4, -0.2) is 44.6 Å². The first-order valence-electron chi connectivity index (χ1n) is 8.75. The van der Waals surface area contributed by atoms with Crippen LogP contribution in [0.4, 0.5) is 0 Å². The number of aromatic nitrogens is 3. The van der Waals surface area contributed by atoms with E-state index in [-0.39, 0.29) is 17.6 Å². The number of likely N-dealkylation sites (tertiary alicyclic amines) is 1. The monoisotopic (exact) mass is 342 g/mol. The summed E-state index contributed by atoms with van der Waals surface area (Å²) in [6.07, 6.45) is 5.11. The van der Waals surface area contributed by atoms with Gasteiger partial charge in [0.05, 0.1) is 5.60 Å². The predicted molar refractivity (Wildman–Crippen MR) is 88.9 cm³/mol. The molecular formula is C18H22N4O3. The summed E-state index contributed by atoms with van der Waals surface area (Å²) in [5.74, 6) is 1.19. The Kier molecular flexibility index (Phi) is 4.03. The van der Waals surface area contributed by atoms with Gasteiger partial charge >= 0.3 is 0 Å². The SMILES string of the molecule is Cc1ccc(C(=O)N2CCC3(CCC(c4nc(C)no4)O3)CC2)nc1. The van der Waals surface area contributed by atoms with Crippen molar-refractivity contribution >= 4 is 5.91 Å². The minimum atomic E-state index is -0.176. The van der Waals surface area contributed by atoms with Crippen LogP contribution in [0.1, 0.15) is 59.6 Å². The second kappa shape index (κ2) is 6.22. The van der Waals surface area contributed by atoms with Crippen LogP contribution in [0.15, 0.2) is 22.9 Å². The van der Waals surface area contributed by atoms with Gasteiger partial charge in [-0.15, -0.1) is 0 Å². The van der Waals surface area contributed by atoms with Crippen LogP contribution in [0.25, 0.3) is 0 Å². The van der Waals surface area contributed by atoms with Gasteiger partial charge in [0.15, 0.2) is 5.82 Å². The maximum Gasteiger partial charge on any atom is 0.272 e. The Morgan fingerprint density at radius 1 is 1.24 bits per heavy atom. The Morgan fingerprint density at radius 3 is 2.68 bits per heavy atom. The number of carbonyl (C=O) groups excluding carboxylic acids is 1. The van der Waals surface area contributed by atoms with Crippen molar-refractivity contribution in [2.24, 2.45) is 0 Å². The molecule has 25 heavy (non-hydrogen) atoms. The summed E-state index contributed by atoms with van der Waals surface area (Å²) in [4.78, 5) is 23.0. The molecule has 0 bridgehead atoms. The van der Waals surface area contributed by atoms with Crippen molar-refractivity contribution in [1.82, 2.24) is 20.0 Å². The summed E-state index contributed by atoms with van der Waals surface area (Å²) in [6, 6.07) is 3.71. The van der Waals surface area contributed by atoms with E-state index in [0.717, 1.165) is 31.2 Å². The number of amides is 1. The van der Waals surface area contributed by atoms with E-state index in [1.54, 1.807) is 19.2 Å². The van der Waals surface area contributed by atoms with Crippen LogP contribution >= 0.6 is 0 Å². The van der Waals surface area contributed by atoms with Crippen molar-refractivity contribution in [1.29, 1.82) is 0 Å². The number of pyridine rings is 1. The number of hydrogen-bond acceptors (Lipinski definition) is 6. The normalized spacial score (nSPS) is 22.5. The number of rotatable bonds is 2. The summed E-state index contributed by atoms with van der Waals surface area (Å²) in [7, 11) is 0. The van der Waals surface area contributed by atoms with Crippen molar-refractivity contribution in [3.63, 3.8) is 0 Å². The molecule has 1 spiro atoms. The van der Waals surface area contributed by atoms with Crippen LogP contribution < -0.4 is 0 Å². The summed E-state index contributed by atoms with van der Waals surface area (Å²) >= 11 is 0. The lowest BCUT2D eigenvalue weighted by molar-refractivity contribution is -0.0821. The lowest BCUT2D eigenvalue weighted by Crippen LogP contribution is -2.46. The van der Waals surface area contributed by atoms with E-state index in [1.165, 1.54) is 0 Å². The lowest BCUT2D eigenvalue weighted by atomic mass is 9.88. The standard InChI is InChI=1S/C18H22N4O3/c1-12-3-4-14(19-11-12)17(23)22-9-7-18(8-10-22)6-5-15(24-18)16-20-13(2)21-25-16/h3-4,11,15H,5-10H2,1-2H3. The third-order valence-corrected chi connectivity index (χ3v) is 5.17. The Labute approximate surface area is 146 Å². The number of carbonyl (C=O) groups is 1. The lowest BCUT2D eigenvalue weighted by Gasteiger charge is -2.38. The number of nitrogens with zero attached hydrogens (tertiary/aromatic N) is 4. The number of hydrogen-bond donors (Lipinski definition) is 0. The fourth-order valence-electron chi connectivity index (χ4n) is 3.67. The molecule has 4 heterocycles. The van der Waals surface area contributed by atoms with E-state index in [4.69, 9.17) is 9.26 Å². The highest BCUT2D eigenvalue weighted by molar-refractivity contribution is 5.92. The minimum Gasteiger partial charge on any atom is -0.362 e. The highest BCUT2D eigenvalue weighted by Gasteiger charge is 2.45. The maximum atomic E-state index is 12.6. The Morgan fingerprint density at radius 2 is 2.04 bits per heavy atom. The quantitative estimate of drug-likeness (QED) is 0.834. The number of ether oxygens (including phenoxy) is 1. The number of piperidine rings is 1. The molecule has 2 aromatic heterocycles. The zero-order chi connectivity index (χ0) is 17.4. The molecule has 1 unspecified atom stereocenters. The molecule has 1 amide bonds. The zero-order valence-corrected chi connectivity index (χ0v) is 14.6. The third-order valence-electron chi connectivity index (χ3n) is 5.17. The van der Waals surface area contributed by atoms with Gasteiger partial charge in [-0.25, -0.2) is 0 Å². The van der Waals surface area contributed by atoms with Gasteiger partial charge < -0.3 is 14.2 Å². The summed E-state index contributed by atoms with van der Waals surface area (Å²) in [5, 5.41) is 3.84. The maximum absolute atomic E-state index is 12.6. The molecule has 0 saturated carbocycles. The van der Waals surface area contributed by atoms with Crippen LogP contribution in [0, 0.1) is 13.8 Å². The van der Waals surface area contributed by atoms with Crippen molar-refractivity contribution in [3.8, 4) is 0 Å². The topological polar surface area (TPSA) is 81.4 Å². The van der Waals surface area contributed by atoms with E-state index in [9.17, 15) is 4.79 Å². The fourth-order valence-corrected chi connectivity index (χ4v) is 3.67. The smallest absolute Gasteiger partial charge is 0.272 e. The van der Waals surface area contributed by atoms with Gasteiger partial charge in [0, 0.05) is 19.3 Å². The molecule has 2 aliphatic heterocycles. The average molecular weight is 342 g/mol. The Hall–Kier alpha value is -2.28. The van der Waals surface area contributed by atoms with Crippen molar-refractivity contribution in [2.45, 2.75) is 51.2 Å². The second-order valence-corrected chi connectivity index (χ2v) is 7.02. The van der Waals surface area contributed by atoms with Crippen molar-refractivity contribution < 1.29 is 14.1 Å². The van der Waals surface area contributed by atoms with E-state index in [2.05, 4.69) is 15.1 Å². The van der Waals surface area contributed by atoms with E-state index < -0.39 is 0 Å².